The fraction of sp³-hybridized carbons (Fsp3) is 0.211. The number of carbonyl (C=O) groups excluding carboxylic acids is 1. The number of amides is 1. The maximum atomic E-state index is 13.2. The number of halogens is 1. The predicted molar refractivity (Wildman–Crippen MR) is 112 cm³/mol. The summed E-state index contributed by atoms with van der Waals surface area (Å²) in [5.41, 5.74) is 2.17. The SMILES string of the molecule is Cc1ccc(-c2nnc(NC(=O)[C@H](C)N(c3ccc(F)cc3)S(C)(=O)=O)s2)cc1. The Balaban J connectivity index is 1.80. The molecule has 1 heterocycles. The van der Waals surface area contributed by atoms with Gasteiger partial charge >= 0.3 is 0 Å². The number of nitrogens with one attached hydrogen (secondary N) is 1. The molecule has 0 bridgehead atoms. The molecule has 3 rings (SSSR count). The van der Waals surface area contributed by atoms with E-state index in [-0.39, 0.29) is 10.8 Å². The van der Waals surface area contributed by atoms with Gasteiger partial charge in [-0.3, -0.25) is 14.4 Å². The highest BCUT2D eigenvalue weighted by atomic mass is 32.2. The van der Waals surface area contributed by atoms with Crippen molar-refractivity contribution in [2.45, 2.75) is 19.9 Å². The first kappa shape index (κ1) is 20.9. The number of rotatable bonds is 6. The quantitative estimate of drug-likeness (QED) is 0.642. The van der Waals surface area contributed by atoms with Gasteiger partial charge in [0.2, 0.25) is 21.1 Å². The van der Waals surface area contributed by atoms with Gasteiger partial charge in [-0.15, -0.1) is 10.2 Å². The van der Waals surface area contributed by atoms with Gasteiger partial charge in [0.1, 0.15) is 16.9 Å². The van der Waals surface area contributed by atoms with E-state index >= 15 is 0 Å². The molecule has 7 nitrogen and oxygen atoms in total. The highest BCUT2D eigenvalue weighted by molar-refractivity contribution is 7.92. The van der Waals surface area contributed by atoms with Crippen molar-refractivity contribution in [2.75, 3.05) is 15.9 Å². The van der Waals surface area contributed by atoms with Crippen LogP contribution in [0, 0.1) is 12.7 Å². The van der Waals surface area contributed by atoms with E-state index in [0.29, 0.717) is 5.01 Å². The van der Waals surface area contributed by atoms with Gasteiger partial charge in [0, 0.05) is 5.56 Å². The third-order valence-electron chi connectivity index (χ3n) is 4.12. The van der Waals surface area contributed by atoms with Crippen LogP contribution in [0.2, 0.25) is 0 Å². The molecule has 0 aliphatic heterocycles. The average Bonchev–Trinajstić information content (AvgIpc) is 3.11. The lowest BCUT2D eigenvalue weighted by Crippen LogP contribution is -2.45. The minimum absolute atomic E-state index is 0.189. The highest BCUT2D eigenvalue weighted by Gasteiger charge is 2.29. The molecule has 2 aromatic carbocycles. The summed E-state index contributed by atoms with van der Waals surface area (Å²) in [5, 5.41) is 11.5. The maximum absolute atomic E-state index is 13.2. The van der Waals surface area contributed by atoms with Crippen molar-refractivity contribution in [1.82, 2.24) is 10.2 Å². The highest BCUT2D eigenvalue weighted by Crippen LogP contribution is 2.27. The van der Waals surface area contributed by atoms with E-state index in [4.69, 9.17) is 0 Å². The largest absolute Gasteiger partial charge is 0.299 e. The summed E-state index contributed by atoms with van der Waals surface area (Å²) >= 11 is 1.18. The second-order valence-electron chi connectivity index (χ2n) is 6.48. The van der Waals surface area contributed by atoms with E-state index in [0.717, 1.165) is 33.8 Å². The van der Waals surface area contributed by atoms with Crippen LogP contribution in [0.5, 0.6) is 0 Å². The third-order valence-corrected chi connectivity index (χ3v) is 6.25. The Morgan fingerprint density at radius 2 is 1.72 bits per heavy atom. The first-order chi connectivity index (χ1) is 13.6. The molecule has 1 atom stereocenters. The molecule has 0 aliphatic rings. The summed E-state index contributed by atoms with van der Waals surface area (Å²) in [6, 6.07) is 11.5. The topological polar surface area (TPSA) is 92.3 Å². The van der Waals surface area contributed by atoms with Gasteiger partial charge in [0.15, 0.2) is 0 Å². The van der Waals surface area contributed by atoms with Crippen LogP contribution in [0.4, 0.5) is 15.2 Å². The molecule has 0 aliphatic carbocycles. The van der Waals surface area contributed by atoms with Crippen molar-refractivity contribution in [2.24, 2.45) is 0 Å². The molecule has 0 fully saturated rings. The van der Waals surface area contributed by atoms with Gasteiger partial charge in [-0.1, -0.05) is 41.2 Å². The summed E-state index contributed by atoms with van der Waals surface area (Å²) in [6.07, 6.45) is 0.987. The van der Waals surface area contributed by atoms with Gasteiger partial charge in [-0.05, 0) is 38.1 Å². The summed E-state index contributed by atoms with van der Waals surface area (Å²) in [5.74, 6) is -1.08. The van der Waals surface area contributed by atoms with Crippen LogP contribution in [0.1, 0.15) is 12.5 Å². The van der Waals surface area contributed by atoms with E-state index < -0.39 is 27.8 Å². The molecule has 10 heteroatoms. The van der Waals surface area contributed by atoms with Gasteiger partial charge in [0.25, 0.3) is 0 Å². The van der Waals surface area contributed by atoms with Crippen molar-refractivity contribution in [3.8, 4) is 10.6 Å². The molecule has 1 amide bonds. The van der Waals surface area contributed by atoms with Crippen LogP contribution in [-0.2, 0) is 14.8 Å². The van der Waals surface area contributed by atoms with Crippen molar-refractivity contribution in [1.29, 1.82) is 0 Å². The Bertz CT molecular complexity index is 1110. The number of aryl methyl sites for hydroxylation is 1. The number of nitrogens with zero attached hydrogens (tertiary/aromatic N) is 3. The molecule has 3 aromatic rings. The van der Waals surface area contributed by atoms with Gasteiger partial charge < -0.3 is 0 Å². The number of benzene rings is 2. The second-order valence-corrected chi connectivity index (χ2v) is 9.32. The molecule has 0 spiro atoms. The fourth-order valence-electron chi connectivity index (χ4n) is 2.69. The summed E-state index contributed by atoms with van der Waals surface area (Å²) in [7, 11) is -3.79. The molecular weight excluding hydrogens is 415 g/mol. The lowest BCUT2D eigenvalue weighted by atomic mass is 10.2. The molecule has 1 aromatic heterocycles. The zero-order valence-electron chi connectivity index (χ0n) is 16.0. The van der Waals surface area contributed by atoms with Crippen LogP contribution < -0.4 is 9.62 Å². The minimum atomic E-state index is -3.79. The number of sulfonamides is 1. The molecular formula is C19H19FN4O3S2. The van der Waals surface area contributed by atoms with Crippen LogP contribution in [0.3, 0.4) is 0 Å². The number of hydrogen-bond acceptors (Lipinski definition) is 6. The average molecular weight is 435 g/mol. The number of carbonyl (C=O) groups is 1. The summed E-state index contributed by atoms with van der Waals surface area (Å²) in [6.45, 7) is 3.42. The van der Waals surface area contributed by atoms with Crippen LogP contribution in [0.25, 0.3) is 10.6 Å². The standard InChI is InChI=1S/C19H19FN4O3S2/c1-12-4-6-14(7-5-12)18-22-23-19(28-18)21-17(25)13(2)24(29(3,26)27)16-10-8-15(20)9-11-16/h4-11,13H,1-3H3,(H,21,23,25)/t13-/m0/s1. The lowest BCUT2D eigenvalue weighted by molar-refractivity contribution is -0.116. The zero-order chi connectivity index (χ0) is 21.2. The zero-order valence-corrected chi connectivity index (χ0v) is 17.6. The predicted octanol–water partition coefficient (Wildman–Crippen LogP) is 3.45. The molecule has 1 N–H and O–H groups in total. The second kappa shape index (κ2) is 8.26. The Morgan fingerprint density at radius 1 is 1.10 bits per heavy atom. The molecule has 29 heavy (non-hydrogen) atoms. The fourth-order valence-corrected chi connectivity index (χ4v) is 4.62. The molecule has 152 valence electrons. The number of aromatic nitrogens is 2. The van der Waals surface area contributed by atoms with E-state index in [1.165, 1.54) is 30.4 Å². The first-order valence-electron chi connectivity index (χ1n) is 8.61. The lowest BCUT2D eigenvalue weighted by Gasteiger charge is -2.27. The van der Waals surface area contributed by atoms with E-state index in [1.54, 1.807) is 0 Å². The van der Waals surface area contributed by atoms with Gasteiger partial charge in [0.05, 0.1) is 11.9 Å². The van der Waals surface area contributed by atoms with Crippen molar-refractivity contribution in [3.05, 3.63) is 59.9 Å². The van der Waals surface area contributed by atoms with E-state index in [1.807, 2.05) is 31.2 Å². The van der Waals surface area contributed by atoms with E-state index in [9.17, 15) is 17.6 Å². The van der Waals surface area contributed by atoms with Gasteiger partial charge in [-0.25, -0.2) is 12.8 Å². The van der Waals surface area contributed by atoms with Crippen molar-refractivity contribution in [3.63, 3.8) is 0 Å². The molecule has 0 unspecified atom stereocenters. The Hall–Kier alpha value is -2.85. The number of anilines is 2. The summed E-state index contributed by atoms with van der Waals surface area (Å²) in [4.78, 5) is 12.7. The van der Waals surface area contributed by atoms with Crippen molar-refractivity contribution >= 4 is 38.1 Å². The molecule has 0 saturated carbocycles. The van der Waals surface area contributed by atoms with Crippen LogP contribution in [0.15, 0.2) is 48.5 Å². The van der Waals surface area contributed by atoms with E-state index in [2.05, 4.69) is 15.5 Å². The Morgan fingerprint density at radius 3 is 2.31 bits per heavy atom. The normalized spacial score (nSPS) is 12.4. The molecule has 0 saturated heterocycles. The van der Waals surface area contributed by atoms with Gasteiger partial charge in [-0.2, -0.15) is 0 Å². The van der Waals surface area contributed by atoms with Crippen molar-refractivity contribution < 1.29 is 17.6 Å². The maximum Gasteiger partial charge on any atom is 0.249 e. The van der Waals surface area contributed by atoms with Crippen LogP contribution >= 0.6 is 11.3 Å². The first-order valence-corrected chi connectivity index (χ1v) is 11.3. The number of hydrogen-bond donors (Lipinski definition) is 1. The third kappa shape index (κ3) is 4.96. The van der Waals surface area contributed by atoms with Crippen LogP contribution in [-0.4, -0.2) is 36.8 Å². The molecule has 0 radical (unpaired) electrons. The smallest absolute Gasteiger partial charge is 0.249 e. The Labute approximate surface area is 172 Å². The minimum Gasteiger partial charge on any atom is -0.299 e. The Kier molecular flexibility index (Phi) is 5.94. The summed E-state index contributed by atoms with van der Waals surface area (Å²) < 4.78 is 38.6. The monoisotopic (exact) mass is 434 g/mol.